The van der Waals surface area contributed by atoms with Crippen molar-refractivity contribution in [2.24, 2.45) is 5.92 Å². The fourth-order valence-corrected chi connectivity index (χ4v) is 4.73. The second kappa shape index (κ2) is 6.38. The fraction of sp³-hybridized carbons (Fsp3) is 0.944. The molecule has 3 atom stereocenters. The summed E-state index contributed by atoms with van der Waals surface area (Å²) in [5.41, 5.74) is -0.396. The van der Waals surface area contributed by atoms with Crippen LogP contribution in [0.2, 0.25) is 0 Å². The summed E-state index contributed by atoms with van der Waals surface area (Å²) in [6, 6.07) is 1.11. The lowest BCUT2D eigenvalue weighted by atomic mass is 9.74. The van der Waals surface area contributed by atoms with E-state index in [4.69, 9.17) is 4.74 Å². The summed E-state index contributed by atoms with van der Waals surface area (Å²) >= 11 is 0. The zero-order chi connectivity index (χ0) is 15.7. The average Bonchev–Trinajstić information content (AvgIpc) is 2.98. The highest BCUT2D eigenvalue weighted by molar-refractivity contribution is 5.68. The van der Waals surface area contributed by atoms with Crippen LogP contribution < -0.4 is 0 Å². The second-order valence-electron chi connectivity index (χ2n) is 8.29. The molecule has 3 rings (SSSR count). The molecule has 0 aromatic carbocycles. The van der Waals surface area contributed by atoms with Crippen molar-refractivity contribution in [3.05, 3.63) is 0 Å². The van der Waals surface area contributed by atoms with Crippen LogP contribution in [0.3, 0.4) is 0 Å². The quantitative estimate of drug-likeness (QED) is 0.741. The van der Waals surface area contributed by atoms with E-state index >= 15 is 0 Å². The SMILES string of the molecule is CC(C)(C)OC(=O)N1CCC[C@@H]2[C@@H](N3CCCC3)CCC[C@@H]21. The Morgan fingerprint density at radius 2 is 1.59 bits per heavy atom. The van der Waals surface area contributed by atoms with E-state index in [1.54, 1.807) is 0 Å². The average molecular weight is 308 g/mol. The van der Waals surface area contributed by atoms with E-state index in [0.717, 1.165) is 19.4 Å². The third kappa shape index (κ3) is 3.42. The zero-order valence-corrected chi connectivity index (χ0v) is 14.5. The van der Waals surface area contributed by atoms with Crippen molar-refractivity contribution in [1.29, 1.82) is 0 Å². The number of nitrogens with zero attached hydrogens (tertiary/aromatic N) is 2. The topological polar surface area (TPSA) is 32.8 Å². The Morgan fingerprint density at radius 1 is 0.909 bits per heavy atom. The fourth-order valence-electron chi connectivity index (χ4n) is 4.73. The van der Waals surface area contributed by atoms with Crippen LogP contribution in [-0.4, -0.2) is 53.2 Å². The summed E-state index contributed by atoms with van der Waals surface area (Å²) in [4.78, 5) is 17.3. The molecule has 3 fully saturated rings. The van der Waals surface area contributed by atoms with Crippen molar-refractivity contribution >= 4 is 6.09 Å². The van der Waals surface area contributed by atoms with E-state index in [1.807, 2.05) is 20.8 Å². The van der Waals surface area contributed by atoms with Gasteiger partial charge in [-0.1, -0.05) is 0 Å². The number of fused-ring (bicyclic) bond motifs is 1. The van der Waals surface area contributed by atoms with Crippen molar-refractivity contribution < 1.29 is 9.53 Å². The van der Waals surface area contributed by atoms with Crippen LogP contribution in [0.1, 0.15) is 65.7 Å². The monoisotopic (exact) mass is 308 g/mol. The normalized spacial score (nSPS) is 33.6. The molecule has 2 saturated heterocycles. The smallest absolute Gasteiger partial charge is 0.410 e. The number of amides is 1. The van der Waals surface area contributed by atoms with Gasteiger partial charge in [-0.05, 0) is 84.7 Å². The van der Waals surface area contributed by atoms with Gasteiger partial charge in [0.05, 0.1) is 0 Å². The Hall–Kier alpha value is -0.770. The summed E-state index contributed by atoms with van der Waals surface area (Å²) in [7, 11) is 0. The van der Waals surface area contributed by atoms with E-state index in [2.05, 4.69) is 9.80 Å². The Morgan fingerprint density at radius 3 is 2.27 bits per heavy atom. The van der Waals surface area contributed by atoms with E-state index in [9.17, 15) is 4.79 Å². The lowest BCUT2D eigenvalue weighted by Crippen LogP contribution is -2.57. The molecule has 0 N–H and O–H groups in total. The highest BCUT2D eigenvalue weighted by atomic mass is 16.6. The molecular weight excluding hydrogens is 276 g/mol. The molecule has 0 spiro atoms. The van der Waals surface area contributed by atoms with Crippen molar-refractivity contribution in [3.63, 3.8) is 0 Å². The number of hydrogen-bond donors (Lipinski definition) is 0. The predicted molar refractivity (Wildman–Crippen MR) is 87.9 cm³/mol. The van der Waals surface area contributed by atoms with Crippen LogP contribution in [0.4, 0.5) is 4.79 Å². The molecule has 22 heavy (non-hydrogen) atoms. The minimum atomic E-state index is -0.396. The van der Waals surface area contributed by atoms with Crippen molar-refractivity contribution in [2.45, 2.75) is 83.4 Å². The summed E-state index contributed by atoms with van der Waals surface area (Å²) in [5, 5.41) is 0. The van der Waals surface area contributed by atoms with Gasteiger partial charge in [-0.2, -0.15) is 0 Å². The van der Waals surface area contributed by atoms with Gasteiger partial charge < -0.3 is 14.5 Å². The van der Waals surface area contributed by atoms with E-state index < -0.39 is 5.60 Å². The first kappa shape index (κ1) is 16.1. The molecule has 0 bridgehead atoms. The molecule has 1 aliphatic carbocycles. The lowest BCUT2D eigenvalue weighted by Gasteiger charge is -2.49. The maximum absolute atomic E-state index is 12.6. The third-order valence-electron chi connectivity index (χ3n) is 5.56. The molecule has 2 heterocycles. The molecular formula is C18H32N2O2. The molecule has 2 aliphatic heterocycles. The summed E-state index contributed by atoms with van der Waals surface area (Å²) in [5.74, 6) is 0.660. The molecule has 1 saturated carbocycles. The van der Waals surface area contributed by atoms with Gasteiger partial charge in [0.2, 0.25) is 0 Å². The van der Waals surface area contributed by atoms with Crippen LogP contribution in [0.5, 0.6) is 0 Å². The van der Waals surface area contributed by atoms with Crippen LogP contribution in [-0.2, 0) is 4.74 Å². The third-order valence-corrected chi connectivity index (χ3v) is 5.56. The number of likely N-dealkylation sites (tertiary alicyclic amines) is 2. The molecule has 0 aromatic heterocycles. The second-order valence-corrected chi connectivity index (χ2v) is 8.29. The minimum Gasteiger partial charge on any atom is -0.444 e. The van der Waals surface area contributed by atoms with Crippen LogP contribution >= 0.6 is 0 Å². The highest BCUT2D eigenvalue weighted by Gasteiger charge is 2.44. The Bertz CT molecular complexity index is 398. The summed E-state index contributed by atoms with van der Waals surface area (Å²) in [6.07, 6.45) is 8.76. The molecule has 0 radical (unpaired) electrons. The maximum Gasteiger partial charge on any atom is 0.410 e. The van der Waals surface area contributed by atoms with E-state index in [0.29, 0.717) is 18.0 Å². The number of piperidine rings is 1. The maximum atomic E-state index is 12.6. The summed E-state index contributed by atoms with van der Waals surface area (Å²) < 4.78 is 5.66. The van der Waals surface area contributed by atoms with Gasteiger partial charge in [0.15, 0.2) is 0 Å². The van der Waals surface area contributed by atoms with Gasteiger partial charge >= 0.3 is 6.09 Å². The van der Waals surface area contributed by atoms with Gasteiger partial charge in [-0.25, -0.2) is 4.79 Å². The Balaban J connectivity index is 1.70. The highest BCUT2D eigenvalue weighted by Crippen LogP contribution is 2.39. The molecule has 4 nitrogen and oxygen atoms in total. The molecule has 1 amide bonds. The van der Waals surface area contributed by atoms with Crippen molar-refractivity contribution in [1.82, 2.24) is 9.80 Å². The first-order valence-corrected chi connectivity index (χ1v) is 9.19. The van der Waals surface area contributed by atoms with Gasteiger partial charge in [0.1, 0.15) is 5.60 Å². The number of ether oxygens (including phenoxy) is 1. The Labute approximate surface area is 135 Å². The predicted octanol–water partition coefficient (Wildman–Crippen LogP) is 3.65. The molecule has 126 valence electrons. The number of carbonyl (C=O) groups is 1. The van der Waals surface area contributed by atoms with Crippen LogP contribution in [0.15, 0.2) is 0 Å². The van der Waals surface area contributed by atoms with Gasteiger partial charge in [-0.3, -0.25) is 0 Å². The molecule has 4 heteroatoms. The number of hydrogen-bond acceptors (Lipinski definition) is 3. The minimum absolute atomic E-state index is 0.0933. The first-order chi connectivity index (χ1) is 10.5. The number of rotatable bonds is 1. The van der Waals surface area contributed by atoms with Crippen LogP contribution in [0, 0.1) is 5.92 Å². The first-order valence-electron chi connectivity index (χ1n) is 9.19. The van der Waals surface area contributed by atoms with Crippen molar-refractivity contribution in [3.8, 4) is 0 Å². The molecule has 3 aliphatic rings. The van der Waals surface area contributed by atoms with Gasteiger partial charge in [0.25, 0.3) is 0 Å². The van der Waals surface area contributed by atoms with Crippen LogP contribution in [0.25, 0.3) is 0 Å². The summed E-state index contributed by atoms with van der Waals surface area (Å²) in [6.45, 7) is 9.28. The van der Waals surface area contributed by atoms with E-state index in [1.165, 1.54) is 45.2 Å². The Kier molecular flexibility index (Phi) is 4.67. The molecule has 0 aromatic rings. The zero-order valence-electron chi connectivity index (χ0n) is 14.5. The lowest BCUT2D eigenvalue weighted by molar-refractivity contribution is -0.0258. The largest absolute Gasteiger partial charge is 0.444 e. The molecule has 0 unspecified atom stereocenters. The number of carbonyl (C=O) groups excluding carboxylic acids is 1. The van der Waals surface area contributed by atoms with Gasteiger partial charge in [0, 0.05) is 18.6 Å². The van der Waals surface area contributed by atoms with Crippen molar-refractivity contribution in [2.75, 3.05) is 19.6 Å². The van der Waals surface area contributed by atoms with E-state index in [-0.39, 0.29) is 6.09 Å². The van der Waals surface area contributed by atoms with Gasteiger partial charge in [-0.15, -0.1) is 0 Å². The standard InChI is InChI=1S/C18H32N2O2/c1-18(2,3)22-17(21)20-13-7-8-14-15(9-6-10-16(14)20)19-11-4-5-12-19/h14-16H,4-13H2,1-3H3/t14-,15+,16+/m1/s1.